The molecule has 0 spiro atoms. The molecule has 1 unspecified atom stereocenters. The van der Waals surface area contributed by atoms with Gasteiger partial charge >= 0.3 is 5.97 Å². The maximum atomic E-state index is 12.6. The van der Waals surface area contributed by atoms with Gasteiger partial charge in [-0.15, -0.1) is 11.3 Å². The van der Waals surface area contributed by atoms with E-state index >= 15 is 0 Å². The van der Waals surface area contributed by atoms with Crippen molar-refractivity contribution in [1.29, 1.82) is 0 Å². The fourth-order valence-electron chi connectivity index (χ4n) is 2.76. The van der Waals surface area contributed by atoms with Gasteiger partial charge in [-0.25, -0.2) is 0 Å². The van der Waals surface area contributed by atoms with Crippen LogP contribution in [0.15, 0.2) is 36.4 Å². The van der Waals surface area contributed by atoms with Crippen molar-refractivity contribution in [1.82, 2.24) is 0 Å². The third kappa shape index (κ3) is 2.56. The second kappa shape index (κ2) is 5.33. The first kappa shape index (κ1) is 13.8. The summed E-state index contributed by atoms with van der Waals surface area (Å²) in [5.74, 6) is -1.02. The van der Waals surface area contributed by atoms with Crippen LogP contribution in [0.2, 0.25) is 0 Å². The van der Waals surface area contributed by atoms with Gasteiger partial charge in [0.05, 0.1) is 11.3 Å². The van der Waals surface area contributed by atoms with E-state index in [1.54, 1.807) is 4.90 Å². The number of aliphatic carboxylic acids is 1. The van der Waals surface area contributed by atoms with Crippen molar-refractivity contribution in [2.45, 2.75) is 19.3 Å². The Bertz CT molecular complexity index is 707. The average Bonchev–Trinajstić information content (AvgIpc) is 3.03. The molecule has 0 saturated carbocycles. The van der Waals surface area contributed by atoms with E-state index < -0.39 is 5.97 Å². The lowest BCUT2D eigenvalue weighted by atomic mass is 9.98. The molecule has 1 aliphatic heterocycles. The summed E-state index contributed by atoms with van der Waals surface area (Å²) in [6.45, 7) is 2.40. The molecule has 1 aromatic heterocycles. The molecule has 1 aliphatic rings. The number of benzene rings is 1. The van der Waals surface area contributed by atoms with E-state index in [-0.39, 0.29) is 18.2 Å². The molecule has 1 aromatic carbocycles. The number of hydrogen-bond donors (Lipinski definition) is 1. The van der Waals surface area contributed by atoms with Crippen LogP contribution in [0, 0.1) is 6.92 Å². The Labute approximate surface area is 126 Å². The van der Waals surface area contributed by atoms with Crippen molar-refractivity contribution in [3.63, 3.8) is 0 Å². The molecular formula is C16H15NO3S. The Morgan fingerprint density at radius 3 is 2.71 bits per heavy atom. The number of para-hydroxylation sites is 1. The minimum Gasteiger partial charge on any atom is -0.481 e. The fraction of sp³-hybridized carbons (Fsp3) is 0.250. The Hall–Kier alpha value is -2.14. The lowest BCUT2D eigenvalue weighted by Crippen LogP contribution is -2.29. The Morgan fingerprint density at radius 1 is 1.29 bits per heavy atom. The highest BCUT2D eigenvalue weighted by Crippen LogP contribution is 2.39. The molecule has 21 heavy (non-hydrogen) atoms. The highest BCUT2D eigenvalue weighted by molar-refractivity contribution is 7.14. The molecule has 0 bridgehead atoms. The summed E-state index contributed by atoms with van der Waals surface area (Å²) in [5.41, 5.74) is 1.78. The zero-order chi connectivity index (χ0) is 15.0. The number of fused-ring (bicyclic) bond motifs is 1. The molecule has 1 atom stereocenters. The fourth-order valence-corrected chi connectivity index (χ4v) is 3.57. The van der Waals surface area contributed by atoms with Crippen LogP contribution in [0.1, 0.15) is 32.5 Å². The SMILES string of the molecule is Cc1ccc(C(=O)N2CC(CC(=O)O)c3ccccc32)s1. The summed E-state index contributed by atoms with van der Waals surface area (Å²) in [6.07, 6.45) is 0.0459. The third-order valence-electron chi connectivity index (χ3n) is 3.69. The second-order valence-corrected chi connectivity index (χ2v) is 6.47. The van der Waals surface area contributed by atoms with Crippen LogP contribution in [0.5, 0.6) is 0 Å². The van der Waals surface area contributed by atoms with E-state index in [1.807, 2.05) is 43.3 Å². The summed E-state index contributed by atoms with van der Waals surface area (Å²) in [7, 11) is 0. The minimum atomic E-state index is -0.837. The molecule has 0 fully saturated rings. The van der Waals surface area contributed by atoms with Crippen LogP contribution < -0.4 is 4.90 Å². The molecule has 3 rings (SSSR count). The van der Waals surface area contributed by atoms with Gasteiger partial charge in [0, 0.05) is 23.0 Å². The predicted molar refractivity (Wildman–Crippen MR) is 82.2 cm³/mol. The number of rotatable bonds is 3. The number of amides is 1. The van der Waals surface area contributed by atoms with Gasteiger partial charge in [0.15, 0.2) is 0 Å². The van der Waals surface area contributed by atoms with Crippen LogP contribution in [0.25, 0.3) is 0 Å². The standard InChI is InChI=1S/C16H15NO3S/c1-10-6-7-14(21-10)16(20)17-9-11(8-15(18)19)12-4-2-3-5-13(12)17/h2-7,11H,8-9H2,1H3,(H,18,19). The number of anilines is 1. The van der Waals surface area contributed by atoms with Crippen LogP contribution in [0.4, 0.5) is 5.69 Å². The summed E-state index contributed by atoms with van der Waals surface area (Å²) < 4.78 is 0. The second-order valence-electron chi connectivity index (χ2n) is 5.18. The zero-order valence-corrected chi connectivity index (χ0v) is 12.4. The molecule has 1 amide bonds. The van der Waals surface area contributed by atoms with E-state index in [1.165, 1.54) is 11.3 Å². The molecule has 1 N–H and O–H groups in total. The first-order valence-corrected chi connectivity index (χ1v) is 7.57. The predicted octanol–water partition coefficient (Wildman–Crippen LogP) is 3.28. The summed E-state index contributed by atoms with van der Waals surface area (Å²) >= 11 is 1.46. The van der Waals surface area contributed by atoms with Crippen LogP contribution in [0.3, 0.4) is 0 Å². The number of thiophene rings is 1. The number of carbonyl (C=O) groups is 2. The number of nitrogens with zero attached hydrogens (tertiary/aromatic N) is 1. The van der Waals surface area contributed by atoms with Gasteiger partial charge in [-0.05, 0) is 30.7 Å². The lowest BCUT2D eigenvalue weighted by molar-refractivity contribution is -0.137. The van der Waals surface area contributed by atoms with E-state index in [0.717, 1.165) is 16.1 Å². The van der Waals surface area contributed by atoms with Crippen LogP contribution >= 0.6 is 11.3 Å². The third-order valence-corrected chi connectivity index (χ3v) is 4.68. The minimum absolute atomic E-state index is 0.0459. The van der Waals surface area contributed by atoms with E-state index in [2.05, 4.69) is 0 Å². The molecule has 0 aliphatic carbocycles. The lowest BCUT2D eigenvalue weighted by Gasteiger charge is -2.16. The molecular weight excluding hydrogens is 286 g/mol. The first-order valence-electron chi connectivity index (χ1n) is 6.75. The molecule has 5 heteroatoms. The Kier molecular flexibility index (Phi) is 3.51. The van der Waals surface area contributed by atoms with Crippen molar-refractivity contribution in [3.05, 3.63) is 51.7 Å². The van der Waals surface area contributed by atoms with Gasteiger partial charge in [-0.1, -0.05) is 18.2 Å². The topological polar surface area (TPSA) is 57.6 Å². The number of carbonyl (C=O) groups excluding carboxylic acids is 1. The molecule has 0 radical (unpaired) electrons. The van der Waals surface area contributed by atoms with Crippen molar-refractivity contribution < 1.29 is 14.7 Å². The van der Waals surface area contributed by atoms with Crippen LogP contribution in [-0.4, -0.2) is 23.5 Å². The highest BCUT2D eigenvalue weighted by atomic mass is 32.1. The average molecular weight is 301 g/mol. The molecule has 0 saturated heterocycles. The van der Waals surface area contributed by atoms with Crippen molar-refractivity contribution in [2.75, 3.05) is 11.4 Å². The zero-order valence-electron chi connectivity index (χ0n) is 11.6. The van der Waals surface area contributed by atoms with Gasteiger partial charge < -0.3 is 10.0 Å². The first-order chi connectivity index (χ1) is 10.1. The van der Waals surface area contributed by atoms with E-state index in [0.29, 0.717) is 11.4 Å². The Balaban J connectivity index is 1.94. The number of carboxylic acid groups (broad SMARTS) is 1. The van der Waals surface area contributed by atoms with Crippen molar-refractivity contribution >= 4 is 28.9 Å². The van der Waals surface area contributed by atoms with E-state index in [4.69, 9.17) is 5.11 Å². The van der Waals surface area contributed by atoms with Gasteiger partial charge in [0.1, 0.15) is 0 Å². The van der Waals surface area contributed by atoms with Gasteiger partial charge in [0.2, 0.25) is 0 Å². The molecule has 108 valence electrons. The maximum Gasteiger partial charge on any atom is 0.304 e. The summed E-state index contributed by atoms with van der Waals surface area (Å²) in [4.78, 5) is 27.1. The molecule has 2 heterocycles. The molecule has 2 aromatic rings. The quantitative estimate of drug-likeness (QED) is 0.946. The van der Waals surface area contributed by atoms with Crippen molar-refractivity contribution in [2.24, 2.45) is 0 Å². The van der Waals surface area contributed by atoms with Gasteiger partial charge in [-0.2, -0.15) is 0 Å². The summed E-state index contributed by atoms with van der Waals surface area (Å²) in [6, 6.07) is 11.3. The number of hydrogen-bond acceptors (Lipinski definition) is 3. The van der Waals surface area contributed by atoms with Crippen LogP contribution in [-0.2, 0) is 4.79 Å². The van der Waals surface area contributed by atoms with Crippen molar-refractivity contribution in [3.8, 4) is 0 Å². The molecule has 4 nitrogen and oxygen atoms in total. The normalized spacial score (nSPS) is 16.8. The number of carboxylic acids is 1. The largest absolute Gasteiger partial charge is 0.481 e. The van der Waals surface area contributed by atoms with E-state index in [9.17, 15) is 9.59 Å². The Morgan fingerprint density at radius 2 is 2.05 bits per heavy atom. The highest BCUT2D eigenvalue weighted by Gasteiger charge is 2.34. The monoisotopic (exact) mass is 301 g/mol. The summed E-state index contributed by atoms with van der Waals surface area (Å²) in [5, 5.41) is 9.04. The smallest absolute Gasteiger partial charge is 0.304 e. The van der Waals surface area contributed by atoms with Gasteiger partial charge in [-0.3, -0.25) is 9.59 Å². The maximum absolute atomic E-state index is 12.6. The number of aryl methyl sites for hydroxylation is 1. The van der Waals surface area contributed by atoms with Gasteiger partial charge in [0.25, 0.3) is 5.91 Å².